The second-order valence-electron chi connectivity index (χ2n) is 8.00. The molecule has 8 nitrogen and oxygen atoms in total. The Labute approximate surface area is 208 Å². The van der Waals surface area contributed by atoms with Crippen molar-refractivity contribution < 1.29 is 19.4 Å². The van der Waals surface area contributed by atoms with E-state index in [9.17, 15) is 14.7 Å². The molecule has 0 saturated carbocycles. The van der Waals surface area contributed by atoms with Gasteiger partial charge < -0.3 is 15.2 Å². The second kappa shape index (κ2) is 10.6. The molecule has 9 heteroatoms. The number of carbonyl (C=O) groups excluding carboxylic acids is 2. The molecular weight excluding hydrogens is 464 g/mol. The molecule has 2 unspecified atom stereocenters. The smallest absolute Gasteiger partial charge is 0.304 e. The first-order valence-corrected chi connectivity index (χ1v) is 12.0. The minimum Gasteiger partial charge on any atom is -0.504 e. The van der Waals surface area contributed by atoms with Crippen molar-refractivity contribution in [1.82, 2.24) is 15.3 Å². The molecule has 1 aromatic heterocycles. The van der Waals surface area contributed by atoms with E-state index in [4.69, 9.17) is 9.84 Å². The van der Waals surface area contributed by atoms with Crippen molar-refractivity contribution in [3.63, 3.8) is 0 Å². The number of hydrazone groups is 1. The molecule has 0 saturated heterocycles. The molecule has 35 heavy (non-hydrogen) atoms. The van der Waals surface area contributed by atoms with Crippen LogP contribution in [0.25, 0.3) is 0 Å². The average molecular weight is 491 g/mol. The fraction of sp³-hybridized carbons (Fsp3) is 0.231. The van der Waals surface area contributed by atoms with Gasteiger partial charge in [0.15, 0.2) is 17.7 Å². The maximum atomic E-state index is 13.3. The van der Waals surface area contributed by atoms with E-state index in [-0.39, 0.29) is 21.9 Å². The molecule has 2 amide bonds. The summed E-state index contributed by atoms with van der Waals surface area (Å²) in [5.41, 5.74) is 3.27. The van der Waals surface area contributed by atoms with Crippen molar-refractivity contribution >= 4 is 28.6 Å². The lowest BCUT2D eigenvalue weighted by Gasteiger charge is -2.34. The number of hydrogen-bond acceptors (Lipinski definition) is 7. The monoisotopic (exact) mass is 490 g/mol. The van der Waals surface area contributed by atoms with Crippen LogP contribution in [0.15, 0.2) is 72.0 Å². The highest BCUT2D eigenvalue weighted by atomic mass is 32.2. The molecule has 3 aromatic rings. The van der Waals surface area contributed by atoms with Crippen molar-refractivity contribution in [2.75, 3.05) is 7.11 Å². The van der Waals surface area contributed by atoms with Crippen LogP contribution >= 0.6 is 11.8 Å². The summed E-state index contributed by atoms with van der Waals surface area (Å²) in [7, 11) is 1.48. The first-order valence-electron chi connectivity index (χ1n) is 11.2. The van der Waals surface area contributed by atoms with Gasteiger partial charge in [0.05, 0.1) is 18.1 Å². The third kappa shape index (κ3) is 5.30. The molecule has 1 aliphatic heterocycles. The van der Waals surface area contributed by atoms with Crippen LogP contribution in [0.5, 0.6) is 11.5 Å². The molecule has 180 valence electrons. The predicted octanol–water partition coefficient (Wildman–Crippen LogP) is 4.88. The van der Waals surface area contributed by atoms with Gasteiger partial charge >= 0.3 is 5.24 Å². The Morgan fingerprint density at radius 2 is 1.97 bits per heavy atom. The minimum atomic E-state index is -0.857. The number of nitrogens with zero attached hydrogens (tertiary/aromatic N) is 3. The summed E-state index contributed by atoms with van der Waals surface area (Å²) in [6.45, 7) is 3.94. The molecule has 4 rings (SSSR count). The number of aryl methyl sites for hydroxylation is 1. The SMILES string of the molecule is CCC1SC(=O)N(C(NC(=O)c2ccccn2)c2ccc(C)cc2)N=C1c1ccc(OC)c(O)c1. The Morgan fingerprint density at radius 1 is 1.20 bits per heavy atom. The van der Waals surface area contributed by atoms with E-state index >= 15 is 0 Å². The van der Waals surface area contributed by atoms with Crippen molar-refractivity contribution in [3.05, 3.63) is 89.2 Å². The number of carbonyl (C=O) groups is 2. The lowest BCUT2D eigenvalue weighted by Crippen LogP contribution is -2.44. The van der Waals surface area contributed by atoms with Crippen LogP contribution in [-0.4, -0.2) is 44.3 Å². The standard InChI is InChI=1S/C26H26N4O4S/c1-4-22-23(18-12-13-21(34-3)20(31)15-18)29-30(26(33)35-22)24(17-10-8-16(2)9-11-17)28-25(32)19-7-5-6-14-27-19/h5-15,22,24,31H,4H2,1-3H3,(H,28,32). The number of amides is 2. The molecule has 2 aromatic carbocycles. The Morgan fingerprint density at radius 3 is 2.60 bits per heavy atom. The van der Waals surface area contributed by atoms with Crippen LogP contribution in [0.1, 0.15) is 46.7 Å². The molecule has 0 aliphatic carbocycles. The van der Waals surface area contributed by atoms with Crippen molar-refractivity contribution in [1.29, 1.82) is 0 Å². The summed E-state index contributed by atoms with van der Waals surface area (Å²) in [6, 6.07) is 17.6. The minimum absolute atomic E-state index is 0.0189. The highest BCUT2D eigenvalue weighted by molar-refractivity contribution is 8.14. The number of phenolic OH excluding ortho intramolecular Hbond substituents is 1. The van der Waals surface area contributed by atoms with E-state index in [1.54, 1.807) is 36.4 Å². The number of ether oxygens (including phenoxy) is 1. The van der Waals surface area contributed by atoms with E-state index in [1.807, 2.05) is 38.1 Å². The van der Waals surface area contributed by atoms with Gasteiger partial charge in [-0.25, -0.2) is 0 Å². The Hall–Kier alpha value is -3.85. The molecular formula is C26H26N4O4S. The van der Waals surface area contributed by atoms with Gasteiger partial charge in [-0.2, -0.15) is 10.1 Å². The van der Waals surface area contributed by atoms with Crippen molar-refractivity contribution in [2.24, 2.45) is 5.10 Å². The maximum Gasteiger partial charge on any atom is 0.304 e. The number of thioether (sulfide) groups is 1. The zero-order valence-electron chi connectivity index (χ0n) is 19.6. The largest absolute Gasteiger partial charge is 0.504 e. The number of hydrogen-bond donors (Lipinski definition) is 2. The summed E-state index contributed by atoms with van der Waals surface area (Å²) < 4.78 is 5.16. The van der Waals surface area contributed by atoms with Crippen molar-refractivity contribution in [3.8, 4) is 11.5 Å². The third-order valence-electron chi connectivity index (χ3n) is 5.60. The van der Waals surface area contributed by atoms with Gasteiger partial charge in [-0.1, -0.05) is 54.6 Å². The number of rotatable bonds is 7. The maximum absolute atomic E-state index is 13.3. The van der Waals surface area contributed by atoms with E-state index in [0.717, 1.165) is 17.3 Å². The molecule has 2 atom stereocenters. The Kier molecular flexibility index (Phi) is 7.36. The molecule has 0 radical (unpaired) electrons. The van der Waals surface area contributed by atoms with Crippen LogP contribution in [0.3, 0.4) is 0 Å². The quantitative estimate of drug-likeness (QED) is 0.489. The zero-order valence-corrected chi connectivity index (χ0v) is 20.5. The number of aromatic hydroxyl groups is 1. The van der Waals surface area contributed by atoms with E-state index in [0.29, 0.717) is 29.0 Å². The predicted molar refractivity (Wildman–Crippen MR) is 136 cm³/mol. The Bertz CT molecular complexity index is 1250. The number of benzene rings is 2. The normalized spacial score (nSPS) is 16.4. The van der Waals surface area contributed by atoms with Crippen LogP contribution in [0, 0.1) is 6.92 Å². The van der Waals surface area contributed by atoms with Gasteiger partial charge in [-0.15, -0.1) is 0 Å². The molecule has 0 spiro atoms. The van der Waals surface area contributed by atoms with Gasteiger partial charge in [0.1, 0.15) is 5.69 Å². The lowest BCUT2D eigenvalue weighted by molar-refractivity contribution is 0.0882. The summed E-state index contributed by atoms with van der Waals surface area (Å²) in [6.07, 6.45) is 1.34. The number of nitrogens with one attached hydrogen (secondary N) is 1. The van der Waals surface area contributed by atoms with Crippen LogP contribution < -0.4 is 10.1 Å². The topological polar surface area (TPSA) is 104 Å². The fourth-order valence-electron chi connectivity index (χ4n) is 3.72. The number of methoxy groups -OCH3 is 1. The molecule has 2 heterocycles. The zero-order chi connectivity index (χ0) is 24.9. The van der Waals surface area contributed by atoms with Crippen LogP contribution in [-0.2, 0) is 0 Å². The summed E-state index contributed by atoms with van der Waals surface area (Å²) in [5, 5.41) is 18.8. The average Bonchev–Trinajstić information content (AvgIpc) is 2.88. The van der Waals surface area contributed by atoms with E-state index < -0.39 is 12.1 Å². The van der Waals surface area contributed by atoms with Gasteiger partial charge in [0.2, 0.25) is 0 Å². The number of aromatic nitrogens is 1. The van der Waals surface area contributed by atoms with Crippen LogP contribution in [0.2, 0.25) is 0 Å². The van der Waals surface area contributed by atoms with Gasteiger partial charge in [-0.05, 0) is 49.2 Å². The van der Waals surface area contributed by atoms with E-state index in [1.165, 1.54) is 18.3 Å². The fourth-order valence-corrected chi connectivity index (χ4v) is 4.67. The van der Waals surface area contributed by atoms with Gasteiger partial charge in [0.25, 0.3) is 5.91 Å². The lowest BCUT2D eigenvalue weighted by atomic mass is 10.0. The van der Waals surface area contributed by atoms with Crippen LogP contribution in [0.4, 0.5) is 4.79 Å². The summed E-state index contributed by atoms with van der Waals surface area (Å²) in [4.78, 5) is 30.4. The van der Waals surface area contributed by atoms with Gasteiger partial charge in [0, 0.05) is 11.8 Å². The Balaban J connectivity index is 1.77. The third-order valence-corrected chi connectivity index (χ3v) is 6.83. The molecule has 2 N–H and O–H groups in total. The highest BCUT2D eigenvalue weighted by Gasteiger charge is 2.36. The summed E-state index contributed by atoms with van der Waals surface area (Å²) >= 11 is 1.14. The molecule has 1 aliphatic rings. The molecule has 0 bridgehead atoms. The highest BCUT2D eigenvalue weighted by Crippen LogP contribution is 2.35. The van der Waals surface area contributed by atoms with Gasteiger partial charge in [-0.3, -0.25) is 14.6 Å². The summed E-state index contributed by atoms with van der Waals surface area (Å²) in [5.74, 6) is -0.0982. The van der Waals surface area contributed by atoms with Crippen molar-refractivity contribution in [2.45, 2.75) is 31.7 Å². The van der Waals surface area contributed by atoms with E-state index in [2.05, 4.69) is 10.3 Å². The molecule has 0 fully saturated rings. The second-order valence-corrected chi connectivity index (χ2v) is 9.15. The first-order chi connectivity index (χ1) is 16.9. The number of phenols is 1. The first kappa shape index (κ1) is 24.3. The number of pyridine rings is 1.